The van der Waals surface area contributed by atoms with E-state index in [-0.39, 0.29) is 29.6 Å². The predicted molar refractivity (Wildman–Crippen MR) is 101 cm³/mol. The first kappa shape index (κ1) is 22.1. The highest BCUT2D eigenvalue weighted by Gasteiger charge is 2.16. The summed E-state index contributed by atoms with van der Waals surface area (Å²) in [6, 6.07) is 0. The Morgan fingerprint density at radius 1 is 1.26 bits per heavy atom. The van der Waals surface area contributed by atoms with Gasteiger partial charge in [0.05, 0.1) is 12.2 Å². The largest absolute Gasteiger partial charge is 0.383 e. The van der Waals surface area contributed by atoms with Crippen LogP contribution in [0, 0.1) is 6.92 Å². The van der Waals surface area contributed by atoms with E-state index in [1.165, 1.54) is 0 Å². The van der Waals surface area contributed by atoms with Gasteiger partial charge in [0.1, 0.15) is 12.4 Å². The molecule has 1 aromatic rings. The van der Waals surface area contributed by atoms with Crippen molar-refractivity contribution in [2.45, 2.75) is 32.9 Å². The standard InChI is InChI=1S/C14H28N6O2.HI/c1-11-18-19-12(20(11)4)9-16-13(15-7-8-21-5)17-10-14(2,3)22-6;/h7-10H2,1-6H3,(H2,15,16,17);1H. The molecule has 0 spiro atoms. The molecule has 0 aromatic carbocycles. The quantitative estimate of drug-likeness (QED) is 0.270. The first-order valence-corrected chi connectivity index (χ1v) is 7.30. The summed E-state index contributed by atoms with van der Waals surface area (Å²) in [4.78, 5) is 4.54. The van der Waals surface area contributed by atoms with Crippen molar-refractivity contribution in [1.29, 1.82) is 0 Å². The van der Waals surface area contributed by atoms with E-state index in [1.807, 2.05) is 32.4 Å². The fourth-order valence-electron chi connectivity index (χ4n) is 1.55. The fraction of sp³-hybridized carbons (Fsp3) is 0.786. The molecule has 2 N–H and O–H groups in total. The van der Waals surface area contributed by atoms with Gasteiger partial charge in [0.15, 0.2) is 11.8 Å². The van der Waals surface area contributed by atoms with Crippen LogP contribution in [-0.2, 0) is 23.1 Å². The van der Waals surface area contributed by atoms with Gasteiger partial charge in [0.2, 0.25) is 0 Å². The molecule has 0 amide bonds. The number of aromatic nitrogens is 3. The van der Waals surface area contributed by atoms with Crippen LogP contribution >= 0.6 is 24.0 Å². The highest BCUT2D eigenvalue weighted by molar-refractivity contribution is 14.0. The Morgan fingerprint density at radius 3 is 2.48 bits per heavy atom. The molecule has 0 bridgehead atoms. The fourth-order valence-corrected chi connectivity index (χ4v) is 1.55. The zero-order chi connectivity index (χ0) is 16.6. The summed E-state index contributed by atoms with van der Waals surface area (Å²) in [7, 11) is 5.29. The summed E-state index contributed by atoms with van der Waals surface area (Å²) in [5.41, 5.74) is -0.273. The zero-order valence-electron chi connectivity index (χ0n) is 14.8. The molecule has 1 aromatic heterocycles. The third-order valence-corrected chi connectivity index (χ3v) is 3.39. The summed E-state index contributed by atoms with van der Waals surface area (Å²) >= 11 is 0. The number of rotatable bonds is 8. The molecule has 0 aliphatic carbocycles. The van der Waals surface area contributed by atoms with Crippen molar-refractivity contribution in [2.75, 3.05) is 33.9 Å². The van der Waals surface area contributed by atoms with E-state index in [9.17, 15) is 0 Å². The molecule has 0 aliphatic rings. The van der Waals surface area contributed by atoms with Crippen molar-refractivity contribution in [3.05, 3.63) is 11.6 Å². The molecule has 0 atom stereocenters. The van der Waals surface area contributed by atoms with Gasteiger partial charge in [0, 0.05) is 34.4 Å². The maximum Gasteiger partial charge on any atom is 0.191 e. The average Bonchev–Trinajstić information content (AvgIpc) is 2.81. The van der Waals surface area contributed by atoms with Crippen LogP contribution in [0.4, 0.5) is 0 Å². The normalized spacial score (nSPS) is 12.0. The Hall–Kier alpha value is -0.940. The second-order valence-corrected chi connectivity index (χ2v) is 5.62. The highest BCUT2D eigenvalue weighted by Crippen LogP contribution is 2.04. The van der Waals surface area contributed by atoms with Crippen LogP contribution in [0.3, 0.4) is 0 Å². The molecule has 23 heavy (non-hydrogen) atoms. The summed E-state index contributed by atoms with van der Waals surface area (Å²) in [5.74, 6) is 2.38. The number of methoxy groups -OCH3 is 2. The summed E-state index contributed by atoms with van der Waals surface area (Å²) in [5, 5.41) is 14.6. The Morgan fingerprint density at radius 2 is 1.96 bits per heavy atom. The number of aliphatic imine (C=N–C) groups is 1. The third-order valence-electron chi connectivity index (χ3n) is 3.39. The summed E-state index contributed by atoms with van der Waals surface area (Å²) < 4.78 is 12.4. The lowest BCUT2D eigenvalue weighted by atomic mass is 10.1. The summed E-state index contributed by atoms with van der Waals surface area (Å²) in [6.07, 6.45) is 0. The monoisotopic (exact) mass is 440 g/mol. The van der Waals surface area contributed by atoms with Crippen LogP contribution in [-0.4, -0.2) is 60.2 Å². The van der Waals surface area contributed by atoms with E-state index >= 15 is 0 Å². The molecule has 1 rings (SSSR count). The maximum absolute atomic E-state index is 5.40. The molecular formula is C14H29IN6O2. The van der Waals surface area contributed by atoms with Crippen molar-refractivity contribution in [3.8, 4) is 0 Å². The van der Waals surface area contributed by atoms with Gasteiger partial charge in [-0.25, -0.2) is 4.99 Å². The topological polar surface area (TPSA) is 85.6 Å². The number of nitrogens with one attached hydrogen (secondary N) is 2. The molecule has 0 unspecified atom stereocenters. The minimum Gasteiger partial charge on any atom is -0.383 e. The van der Waals surface area contributed by atoms with Crippen molar-refractivity contribution < 1.29 is 9.47 Å². The number of hydrogen-bond donors (Lipinski definition) is 2. The van der Waals surface area contributed by atoms with Gasteiger partial charge in [-0.3, -0.25) is 0 Å². The van der Waals surface area contributed by atoms with Crippen LogP contribution in [0.25, 0.3) is 0 Å². The van der Waals surface area contributed by atoms with E-state index in [1.54, 1.807) is 14.2 Å². The molecule has 0 aliphatic heterocycles. The molecule has 9 heteroatoms. The zero-order valence-corrected chi connectivity index (χ0v) is 17.2. The third kappa shape index (κ3) is 7.93. The van der Waals surface area contributed by atoms with Crippen molar-refractivity contribution in [2.24, 2.45) is 12.0 Å². The first-order valence-electron chi connectivity index (χ1n) is 7.30. The van der Waals surface area contributed by atoms with E-state index < -0.39 is 0 Å². The van der Waals surface area contributed by atoms with E-state index in [4.69, 9.17) is 9.47 Å². The smallest absolute Gasteiger partial charge is 0.191 e. The molecule has 0 saturated carbocycles. The molecule has 1 heterocycles. The molecule has 0 radical (unpaired) electrons. The van der Waals surface area contributed by atoms with Crippen LogP contribution in [0.5, 0.6) is 0 Å². The Bertz CT molecular complexity index is 490. The Balaban J connectivity index is 0.00000484. The molecular weight excluding hydrogens is 411 g/mol. The SMILES string of the molecule is COCCNC(=NCc1nnc(C)n1C)NCC(C)(C)OC.I. The van der Waals surface area contributed by atoms with Crippen LogP contribution in [0.15, 0.2) is 4.99 Å². The van der Waals surface area contributed by atoms with E-state index in [0.29, 0.717) is 32.2 Å². The van der Waals surface area contributed by atoms with Gasteiger partial charge in [-0.2, -0.15) is 0 Å². The average molecular weight is 440 g/mol. The lowest BCUT2D eigenvalue weighted by Gasteiger charge is -2.24. The second-order valence-electron chi connectivity index (χ2n) is 5.62. The number of nitrogens with zero attached hydrogens (tertiary/aromatic N) is 4. The van der Waals surface area contributed by atoms with Gasteiger partial charge in [-0.1, -0.05) is 0 Å². The summed E-state index contributed by atoms with van der Waals surface area (Å²) in [6.45, 7) is 8.31. The number of ether oxygens (including phenoxy) is 2. The van der Waals surface area contributed by atoms with Crippen molar-refractivity contribution in [3.63, 3.8) is 0 Å². The Labute approximate surface area is 155 Å². The molecule has 0 fully saturated rings. The number of guanidine groups is 1. The minimum atomic E-state index is -0.273. The maximum atomic E-state index is 5.40. The van der Waals surface area contributed by atoms with Gasteiger partial charge in [-0.05, 0) is 20.8 Å². The predicted octanol–water partition coefficient (Wildman–Crippen LogP) is 0.848. The van der Waals surface area contributed by atoms with Crippen LogP contribution < -0.4 is 10.6 Å². The van der Waals surface area contributed by atoms with Gasteiger partial charge in [-0.15, -0.1) is 34.2 Å². The van der Waals surface area contributed by atoms with Gasteiger partial charge >= 0.3 is 0 Å². The van der Waals surface area contributed by atoms with E-state index in [2.05, 4.69) is 25.8 Å². The van der Waals surface area contributed by atoms with Gasteiger partial charge in [0.25, 0.3) is 0 Å². The molecule has 0 saturated heterocycles. The van der Waals surface area contributed by atoms with E-state index in [0.717, 1.165) is 11.6 Å². The van der Waals surface area contributed by atoms with Crippen LogP contribution in [0.2, 0.25) is 0 Å². The number of halogens is 1. The van der Waals surface area contributed by atoms with Gasteiger partial charge < -0.3 is 24.7 Å². The first-order chi connectivity index (χ1) is 10.4. The number of aryl methyl sites for hydroxylation is 1. The van der Waals surface area contributed by atoms with Crippen LogP contribution in [0.1, 0.15) is 25.5 Å². The second kappa shape index (κ2) is 10.8. The molecule has 8 nitrogen and oxygen atoms in total. The lowest BCUT2D eigenvalue weighted by Crippen LogP contribution is -2.46. The Kier molecular flexibility index (Phi) is 10.3. The van der Waals surface area contributed by atoms with Crippen molar-refractivity contribution in [1.82, 2.24) is 25.4 Å². The molecule has 134 valence electrons. The number of hydrogen-bond acceptors (Lipinski definition) is 5. The lowest BCUT2D eigenvalue weighted by molar-refractivity contribution is 0.0268. The van der Waals surface area contributed by atoms with Crippen molar-refractivity contribution >= 4 is 29.9 Å². The minimum absolute atomic E-state index is 0. The highest BCUT2D eigenvalue weighted by atomic mass is 127.